The van der Waals surface area contributed by atoms with Gasteiger partial charge in [-0.25, -0.2) is 0 Å². The summed E-state index contributed by atoms with van der Waals surface area (Å²) in [7, 11) is 0. The van der Waals surface area contributed by atoms with Crippen LogP contribution in [0.3, 0.4) is 0 Å². The minimum absolute atomic E-state index is 0.0528. The van der Waals surface area contributed by atoms with Crippen molar-refractivity contribution in [3.05, 3.63) is 29.8 Å². The van der Waals surface area contributed by atoms with Crippen molar-refractivity contribution in [3.63, 3.8) is 0 Å². The number of benzene rings is 1. The number of amides is 1. The van der Waals surface area contributed by atoms with Gasteiger partial charge in [0, 0.05) is 6.04 Å². The van der Waals surface area contributed by atoms with E-state index < -0.39 is 18.1 Å². The van der Waals surface area contributed by atoms with E-state index in [9.17, 15) is 13.6 Å². The fourth-order valence-electron chi connectivity index (χ4n) is 1.90. The topological polar surface area (TPSA) is 64.3 Å². The first-order valence-electron chi connectivity index (χ1n) is 6.05. The van der Waals surface area contributed by atoms with Crippen molar-refractivity contribution in [1.29, 1.82) is 0 Å². The minimum atomic E-state index is -2.86. The van der Waals surface area contributed by atoms with Gasteiger partial charge >= 0.3 is 6.61 Å². The number of ether oxygens (including phenoxy) is 1. The second-order valence-corrected chi connectivity index (χ2v) is 4.81. The molecule has 0 bridgehead atoms. The van der Waals surface area contributed by atoms with Gasteiger partial charge < -0.3 is 10.5 Å². The molecule has 0 spiro atoms. The van der Waals surface area contributed by atoms with Gasteiger partial charge in [-0.1, -0.05) is 12.1 Å². The first-order valence-corrected chi connectivity index (χ1v) is 6.05. The summed E-state index contributed by atoms with van der Waals surface area (Å²) in [5.41, 5.74) is 5.08. The highest BCUT2D eigenvalue weighted by molar-refractivity contribution is 5.85. The molecule has 0 heterocycles. The van der Waals surface area contributed by atoms with Crippen LogP contribution in [0.2, 0.25) is 0 Å². The first-order chi connectivity index (χ1) is 8.91. The zero-order valence-corrected chi connectivity index (χ0v) is 10.5. The summed E-state index contributed by atoms with van der Waals surface area (Å²) in [6.45, 7) is -1.17. The minimum Gasteiger partial charge on any atom is -0.435 e. The Hall–Kier alpha value is -1.69. The number of carbonyl (C=O) groups excluding carboxylic acids is 1. The smallest absolute Gasteiger partial charge is 0.387 e. The molecule has 0 aromatic heterocycles. The van der Waals surface area contributed by atoms with Crippen LogP contribution in [0.4, 0.5) is 8.78 Å². The van der Waals surface area contributed by atoms with E-state index in [1.54, 1.807) is 19.1 Å². The second-order valence-electron chi connectivity index (χ2n) is 4.81. The van der Waals surface area contributed by atoms with E-state index >= 15 is 0 Å². The predicted molar refractivity (Wildman–Crippen MR) is 65.8 cm³/mol. The molecule has 1 aliphatic carbocycles. The van der Waals surface area contributed by atoms with E-state index in [1.165, 1.54) is 12.1 Å². The number of halogens is 2. The van der Waals surface area contributed by atoms with Crippen molar-refractivity contribution in [3.8, 4) is 5.75 Å². The van der Waals surface area contributed by atoms with Crippen LogP contribution in [0.15, 0.2) is 24.3 Å². The van der Waals surface area contributed by atoms with Crippen LogP contribution < -0.4 is 15.8 Å². The molecule has 1 fully saturated rings. The van der Waals surface area contributed by atoms with Crippen molar-refractivity contribution < 1.29 is 18.3 Å². The van der Waals surface area contributed by atoms with E-state index in [1.807, 2.05) is 0 Å². The molecular weight excluding hydrogens is 254 g/mol. The third kappa shape index (κ3) is 3.20. The van der Waals surface area contributed by atoms with Crippen molar-refractivity contribution in [2.75, 3.05) is 0 Å². The van der Waals surface area contributed by atoms with Gasteiger partial charge in [0.2, 0.25) is 5.91 Å². The van der Waals surface area contributed by atoms with Crippen molar-refractivity contribution in [2.45, 2.75) is 38.0 Å². The molecule has 104 valence electrons. The van der Waals surface area contributed by atoms with Gasteiger partial charge in [0.25, 0.3) is 0 Å². The normalized spacial score (nSPS) is 18.1. The van der Waals surface area contributed by atoms with Crippen LogP contribution in [-0.2, 0) is 10.3 Å². The lowest BCUT2D eigenvalue weighted by atomic mass is 9.91. The lowest BCUT2D eigenvalue weighted by Gasteiger charge is -2.28. The summed E-state index contributed by atoms with van der Waals surface area (Å²) < 4.78 is 28.4. The standard InChI is InChI=1S/C13H16F2N2O2/c1-13(11(16)18,17-9-4-5-9)8-2-6-10(7-3-8)19-12(14)15/h2-3,6-7,9,12,17H,4-5H2,1H3,(H2,16,18). The molecule has 1 unspecified atom stereocenters. The average Bonchev–Trinajstić information content (AvgIpc) is 3.12. The maximum atomic E-state index is 12.1. The number of primary amides is 1. The van der Waals surface area contributed by atoms with Gasteiger partial charge in [-0.15, -0.1) is 0 Å². The molecule has 0 saturated heterocycles. The zero-order chi connectivity index (χ0) is 14.0. The Balaban J connectivity index is 2.19. The Morgan fingerprint density at radius 3 is 2.42 bits per heavy atom. The second kappa shape index (κ2) is 5.13. The predicted octanol–water partition coefficient (Wildman–Crippen LogP) is 1.74. The monoisotopic (exact) mass is 270 g/mol. The van der Waals surface area contributed by atoms with Gasteiger partial charge in [-0.3, -0.25) is 10.1 Å². The molecule has 1 saturated carbocycles. The number of alkyl halides is 2. The van der Waals surface area contributed by atoms with Gasteiger partial charge in [-0.05, 0) is 37.5 Å². The highest BCUT2D eigenvalue weighted by atomic mass is 19.3. The van der Waals surface area contributed by atoms with Crippen LogP contribution in [0.1, 0.15) is 25.3 Å². The SMILES string of the molecule is CC(NC1CC1)(C(N)=O)c1ccc(OC(F)F)cc1. The van der Waals surface area contributed by atoms with Crippen LogP contribution >= 0.6 is 0 Å². The summed E-state index contributed by atoms with van der Waals surface area (Å²) in [4.78, 5) is 11.7. The highest BCUT2D eigenvalue weighted by Crippen LogP contribution is 2.29. The molecule has 4 nitrogen and oxygen atoms in total. The Kier molecular flexibility index (Phi) is 3.71. The fourth-order valence-corrected chi connectivity index (χ4v) is 1.90. The van der Waals surface area contributed by atoms with Crippen LogP contribution in [0.25, 0.3) is 0 Å². The van der Waals surface area contributed by atoms with E-state index in [0.717, 1.165) is 12.8 Å². The number of carbonyl (C=O) groups is 1. The highest BCUT2D eigenvalue weighted by Gasteiger charge is 2.38. The molecule has 1 aliphatic rings. The maximum Gasteiger partial charge on any atom is 0.387 e. The first kappa shape index (κ1) is 13.7. The molecule has 1 atom stereocenters. The summed E-state index contributed by atoms with van der Waals surface area (Å²) in [6, 6.07) is 6.22. The summed E-state index contributed by atoms with van der Waals surface area (Å²) in [5, 5.41) is 3.18. The number of rotatable bonds is 6. The fraction of sp³-hybridized carbons (Fsp3) is 0.462. The number of hydrogen-bond donors (Lipinski definition) is 2. The lowest BCUT2D eigenvalue weighted by molar-refractivity contribution is -0.124. The quantitative estimate of drug-likeness (QED) is 0.827. The van der Waals surface area contributed by atoms with Crippen LogP contribution in [-0.4, -0.2) is 18.6 Å². The van der Waals surface area contributed by atoms with Gasteiger partial charge in [0.1, 0.15) is 11.3 Å². The lowest BCUT2D eigenvalue weighted by Crippen LogP contribution is -2.51. The van der Waals surface area contributed by atoms with Gasteiger partial charge in [0.15, 0.2) is 0 Å². The molecule has 1 aromatic rings. The van der Waals surface area contributed by atoms with E-state index in [0.29, 0.717) is 5.56 Å². The Labute approximate surface area is 109 Å². The average molecular weight is 270 g/mol. The number of nitrogens with one attached hydrogen (secondary N) is 1. The third-order valence-corrected chi connectivity index (χ3v) is 3.22. The number of hydrogen-bond acceptors (Lipinski definition) is 3. The van der Waals surface area contributed by atoms with E-state index in [4.69, 9.17) is 5.73 Å². The van der Waals surface area contributed by atoms with E-state index in [-0.39, 0.29) is 11.8 Å². The Morgan fingerprint density at radius 2 is 2.00 bits per heavy atom. The third-order valence-electron chi connectivity index (χ3n) is 3.22. The molecule has 0 radical (unpaired) electrons. The molecule has 1 aromatic carbocycles. The number of nitrogens with two attached hydrogens (primary N) is 1. The molecule has 2 rings (SSSR count). The Bertz CT molecular complexity index is 460. The summed E-state index contributed by atoms with van der Waals surface area (Å²) >= 11 is 0. The van der Waals surface area contributed by atoms with Gasteiger partial charge in [0.05, 0.1) is 0 Å². The molecule has 6 heteroatoms. The summed E-state index contributed by atoms with van der Waals surface area (Å²) in [6.07, 6.45) is 2.02. The largest absolute Gasteiger partial charge is 0.435 e. The molecule has 1 amide bonds. The van der Waals surface area contributed by atoms with Crippen LogP contribution in [0.5, 0.6) is 5.75 Å². The van der Waals surface area contributed by atoms with Gasteiger partial charge in [-0.2, -0.15) is 8.78 Å². The molecule has 0 aliphatic heterocycles. The zero-order valence-electron chi connectivity index (χ0n) is 10.5. The molecule has 3 N–H and O–H groups in total. The molecule has 19 heavy (non-hydrogen) atoms. The Morgan fingerprint density at radius 1 is 1.42 bits per heavy atom. The van der Waals surface area contributed by atoms with Crippen molar-refractivity contribution >= 4 is 5.91 Å². The maximum absolute atomic E-state index is 12.1. The summed E-state index contributed by atoms with van der Waals surface area (Å²) in [5.74, 6) is -0.445. The van der Waals surface area contributed by atoms with Crippen molar-refractivity contribution in [1.82, 2.24) is 5.32 Å². The van der Waals surface area contributed by atoms with E-state index in [2.05, 4.69) is 10.1 Å². The van der Waals surface area contributed by atoms with Crippen LogP contribution in [0, 0.1) is 0 Å². The van der Waals surface area contributed by atoms with Crippen molar-refractivity contribution in [2.24, 2.45) is 5.73 Å². The molecular formula is C13H16F2N2O2.